The van der Waals surface area contributed by atoms with Crippen LogP contribution in [0.3, 0.4) is 0 Å². The molecule has 0 radical (unpaired) electrons. The first-order chi connectivity index (χ1) is 15.4. The third-order valence-corrected chi connectivity index (χ3v) is 5.42. The second kappa shape index (κ2) is 9.34. The maximum atomic E-state index is 13.2. The minimum Gasteiger partial charge on any atom is -0.488 e. The van der Waals surface area contributed by atoms with Crippen LogP contribution in [0.5, 0.6) is 5.75 Å². The van der Waals surface area contributed by atoms with E-state index in [1.807, 2.05) is 37.3 Å². The van der Waals surface area contributed by atoms with Crippen molar-refractivity contribution < 1.29 is 14.3 Å². The van der Waals surface area contributed by atoms with Gasteiger partial charge in [-0.05, 0) is 61.1 Å². The summed E-state index contributed by atoms with van der Waals surface area (Å²) in [7, 11) is 0. The van der Waals surface area contributed by atoms with E-state index < -0.39 is 11.8 Å². The number of thiocarbonyl (C=S) groups is 1. The van der Waals surface area contributed by atoms with E-state index in [2.05, 4.69) is 5.32 Å². The standard InChI is InChI=1S/C25H19ClN2O3S/c1-16-7-9-17(10-8-16)15-31-22-12-11-19(26)13-18(22)14-21-23(29)27-25(32)28(24(21)30)20-5-3-2-4-6-20/h2-14H,15H2,1H3,(H,27,29,32)/b21-14-. The molecule has 0 unspecified atom stereocenters. The van der Waals surface area contributed by atoms with Crippen molar-refractivity contribution in [3.05, 3.63) is 100 Å². The molecule has 32 heavy (non-hydrogen) atoms. The van der Waals surface area contributed by atoms with Gasteiger partial charge in [-0.25, -0.2) is 0 Å². The average Bonchev–Trinajstić information content (AvgIpc) is 2.78. The van der Waals surface area contributed by atoms with Crippen LogP contribution < -0.4 is 15.0 Å². The highest BCUT2D eigenvalue weighted by atomic mass is 35.5. The van der Waals surface area contributed by atoms with Gasteiger partial charge in [0.1, 0.15) is 17.9 Å². The first-order valence-electron chi connectivity index (χ1n) is 9.87. The van der Waals surface area contributed by atoms with E-state index in [0.717, 1.165) is 11.1 Å². The Bertz CT molecular complexity index is 1220. The molecule has 1 aliphatic heterocycles. The fourth-order valence-corrected chi connectivity index (χ4v) is 3.70. The zero-order chi connectivity index (χ0) is 22.7. The maximum absolute atomic E-state index is 13.2. The molecule has 0 bridgehead atoms. The van der Waals surface area contributed by atoms with E-state index in [1.165, 1.54) is 11.0 Å². The fraction of sp³-hybridized carbons (Fsp3) is 0.0800. The van der Waals surface area contributed by atoms with Gasteiger partial charge in [0.2, 0.25) is 0 Å². The van der Waals surface area contributed by atoms with Gasteiger partial charge in [-0.15, -0.1) is 0 Å². The number of amides is 2. The van der Waals surface area contributed by atoms with Crippen LogP contribution in [0.1, 0.15) is 16.7 Å². The fourth-order valence-electron chi connectivity index (χ4n) is 3.23. The van der Waals surface area contributed by atoms with Crippen LogP contribution in [-0.4, -0.2) is 16.9 Å². The van der Waals surface area contributed by atoms with Gasteiger partial charge in [-0.1, -0.05) is 59.6 Å². The van der Waals surface area contributed by atoms with Gasteiger partial charge in [-0.2, -0.15) is 0 Å². The minimum atomic E-state index is -0.573. The third-order valence-electron chi connectivity index (χ3n) is 4.90. The molecule has 5 nitrogen and oxygen atoms in total. The maximum Gasteiger partial charge on any atom is 0.270 e. The van der Waals surface area contributed by atoms with Crippen molar-refractivity contribution in [2.24, 2.45) is 0 Å². The summed E-state index contributed by atoms with van der Waals surface area (Å²) in [6, 6.07) is 22.0. The van der Waals surface area contributed by atoms with Gasteiger partial charge in [-0.3, -0.25) is 19.8 Å². The zero-order valence-corrected chi connectivity index (χ0v) is 18.7. The van der Waals surface area contributed by atoms with Gasteiger partial charge in [0.05, 0.1) is 5.69 Å². The van der Waals surface area contributed by atoms with Gasteiger partial charge < -0.3 is 4.74 Å². The molecule has 2 amide bonds. The summed E-state index contributed by atoms with van der Waals surface area (Å²) >= 11 is 11.4. The number of benzene rings is 3. The lowest BCUT2D eigenvalue weighted by molar-refractivity contribution is -0.122. The van der Waals surface area contributed by atoms with Crippen LogP contribution in [0.15, 0.2) is 78.4 Å². The number of nitrogens with one attached hydrogen (secondary N) is 1. The lowest BCUT2D eigenvalue weighted by Crippen LogP contribution is -2.54. The summed E-state index contributed by atoms with van der Waals surface area (Å²) < 4.78 is 5.98. The molecule has 1 saturated heterocycles. The number of hydrogen-bond donors (Lipinski definition) is 1. The number of ether oxygens (including phenoxy) is 1. The van der Waals surface area contributed by atoms with Crippen LogP contribution in [0, 0.1) is 6.92 Å². The van der Waals surface area contributed by atoms with E-state index in [1.54, 1.807) is 42.5 Å². The monoisotopic (exact) mass is 462 g/mol. The van der Waals surface area contributed by atoms with Crippen molar-refractivity contribution >= 4 is 52.5 Å². The Kier molecular flexibility index (Phi) is 6.35. The summed E-state index contributed by atoms with van der Waals surface area (Å²) in [5.74, 6) is -0.589. The molecule has 160 valence electrons. The molecule has 0 aromatic heterocycles. The normalized spacial score (nSPS) is 15.1. The van der Waals surface area contributed by atoms with Crippen molar-refractivity contribution in [3.8, 4) is 5.75 Å². The number of hydrogen-bond acceptors (Lipinski definition) is 4. The van der Waals surface area contributed by atoms with Crippen molar-refractivity contribution in [2.45, 2.75) is 13.5 Å². The van der Waals surface area contributed by atoms with Crippen LogP contribution in [-0.2, 0) is 16.2 Å². The highest BCUT2D eigenvalue weighted by molar-refractivity contribution is 7.80. The van der Waals surface area contributed by atoms with Crippen molar-refractivity contribution in [1.29, 1.82) is 0 Å². The third kappa shape index (κ3) is 4.72. The van der Waals surface area contributed by atoms with Crippen molar-refractivity contribution in [1.82, 2.24) is 5.32 Å². The molecule has 1 aliphatic rings. The molecule has 1 N–H and O–H groups in total. The van der Waals surface area contributed by atoms with E-state index in [0.29, 0.717) is 28.6 Å². The Morgan fingerprint density at radius 2 is 1.75 bits per heavy atom. The summed E-state index contributed by atoms with van der Waals surface area (Å²) in [4.78, 5) is 27.1. The van der Waals surface area contributed by atoms with Gasteiger partial charge in [0.15, 0.2) is 5.11 Å². The lowest BCUT2D eigenvalue weighted by atomic mass is 10.1. The van der Waals surface area contributed by atoms with Crippen LogP contribution in [0.25, 0.3) is 6.08 Å². The van der Waals surface area contributed by atoms with Crippen LogP contribution in [0.4, 0.5) is 5.69 Å². The first-order valence-corrected chi connectivity index (χ1v) is 10.7. The zero-order valence-electron chi connectivity index (χ0n) is 17.2. The van der Waals surface area contributed by atoms with Gasteiger partial charge >= 0.3 is 0 Å². The van der Waals surface area contributed by atoms with Crippen LogP contribution in [0.2, 0.25) is 5.02 Å². The molecule has 0 spiro atoms. The number of para-hydroxylation sites is 1. The molecular weight excluding hydrogens is 444 g/mol. The number of rotatable bonds is 5. The first kappa shape index (κ1) is 21.7. The number of carbonyl (C=O) groups excluding carboxylic acids is 2. The quantitative estimate of drug-likeness (QED) is 0.327. The van der Waals surface area contributed by atoms with E-state index >= 15 is 0 Å². The molecule has 0 aliphatic carbocycles. The highest BCUT2D eigenvalue weighted by Gasteiger charge is 2.34. The van der Waals surface area contributed by atoms with Crippen molar-refractivity contribution in [3.63, 3.8) is 0 Å². The Morgan fingerprint density at radius 1 is 1.03 bits per heavy atom. The summed E-state index contributed by atoms with van der Waals surface area (Å²) in [6.45, 7) is 2.35. The summed E-state index contributed by atoms with van der Waals surface area (Å²) in [5.41, 5.74) is 3.17. The summed E-state index contributed by atoms with van der Waals surface area (Å²) in [5, 5.41) is 3.07. The Labute approximate surface area is 196 Å². The largest absolute Gasteiger partial charge is 0.488 e. The number of halogens is 1. The molecule has 1 heterocycles. The molecule has 4 rings (SSSR count). The Morgan fingerprint density at radius 3 is 2.47 bits per heavy atom. The smallest absolute Gasteiger partial charge is 0.270 e. The number of anilines is 1. The second-order valence-corrected chi connectivity index (χ2v) is 8.07. The molecule has 7 heteroatoms. The van der Waals surface area contributed by atoms with E-state index in [-0.39, 0.29) is 10.7 Å². The molecule has 1 fully saturated rings. The predicted molar refractivity (Wildman–Crippen MR) is 130 cm³/mol. The second-order valence-electron chi connectivity index (χ2n) is 7.25. The predicted octanol–water partition coefficient (Wildman–Crippen LogP) is 5.06. The van der Waals surface area contributed by atoms with Gasteiger partial charge in [0.25, 0.3) is 11.8 Å². The molecular formula is C25H19ClN2O3S. The van der Waals surface area contributed by atoms with Gasteiger partial charge in [0, 0.05) is 10.6 Å². The summed E-state index contributed by atoms with van der Waals surface area (Å²) in [6.07, 6.45) is 1.48. The van der Waals surface area contributed by atoms with E-state index in [9.17, 15) is 9.59 Å². The Hall–Kier alpha value is -3.48. The molecule has 0 saturated carbocycles. The Balaban J connectivity index is 1.66. The van der Waals surface area contributed by atoms with Crippen molar-refractivity contribution in [2.75, 3.05) is 4.90 Å². The topological polar surface area (TPSA) is 58.6 Å². The highest BCUT2D eigenvalue weighted by Crippen LogP contribution is 2.28. The molecule has 3 aromatic carbocycles. The lowest BCUT2D eigenvalue weighted by Gasteiger charge is -2.29. The average molecular weight is 463 g/mol. The molecule has 3 aromatic rings. The number of carbonyl (C=O) groups is 2. The SMILES string of the molecule is Cc1ccc(COc2ccc(Cl)cc2/C=C2/C(=O)NC(=S)N(c3ccccc3)C2=O)cc1. The molecule has 0 atom stereocenters. The number of aryl methyl sites for hydroxylation is 1. The number of nitrogens with zero attached hydrogens (tertiary/aromatic N) is 1. The van der Waals surface area contributed by atoms with Crippen LogP contribution >= 0.6 is 23.8 Å². The van der Waals surface area contributed by atoms with E-state index in [4.69, 9.17) is 28.6 Å². The minimum absolute atomic E-state index is 0.0327.